The number of nitrogens with two attached hydrogens (primary N) is 1. The zero-order valence-corrected chi connectivity index (χ0v) is 11.4. The van der Waals surface area contributed by atoms with Crippen LogP contribution in [0.2, 0.25) is 0 Å². The minimum absolute atomic E-state index is 0.157. The van der Waals surface area contributed by atoms with Crippen molar-refractivity contribution in [3.8, 4) is 0 Å². The van der Waals surface area contributed by atoms with Gasteiger partial charge in [-0.2, -0.15) is 0 Å². The maximum Gasteiger partial charge on any atom is 0.172 e. The van der Waals surface area contributed by atoms with Gasteiger partial charge in [-0.3, -0.25) is 0 Å². The van der Waals surface area contributed by atoms with E-state index in [9.17, 15) is 0 Å². The number of para-hydroxylation sites is 2. The highest BCUT2D eigenvalue weighted by Crippen LogP contribution is 2.24. The number of benzene rings is 1. The van der Waals surface area contributed by atoms with Crippen LogP contribution in [0, 0.1) is 0 Å². The number of hydrogen-bond acceptors (Lipinski definition) is 5. The number of anilines is 2. The normalized spacial score (nSPS) is 11.2. The molecule has 0 aliphatic rings. The number of hydrogen-bond donors (Lipinski definition) is 2. The Kier molecular flexibility index (Phi) is 4.16. The van der Waals surface area contributed by atoms with E-state index in [4.69, 9.17) is 10.8 Å². The predicted molar refractivity (Wildman–Crippen MR) is 78.1 cm³/mol. The first-order valence-corrected chi connectivity index (χ1v) is 6.53. The standard InChI is InChI=1S/C14H20N4O/c1-10(2)18(8-5-9-19)14-13(15)16-11-6-3-4-7-12(11)17-14/h3-4,6-7,10,19H,5,8-9H2,1-2H3,(H2,15,16). The van der Waals surface area contributed by atoms with E-state index in [1.165, 1.54) is 0 Å². The first kappa shape index (κ1) is 13.5. The van der Waals surface area contributed by atoms with Crippen molar-refractivity contribution in [3.63, 3.8) is 0 Å². The summed E-state index contributed by atoms with van der Waals surface area (Å²) in [6.07, 6.45) is 0.687. The molecule has 0 aliphatic carbocycles. The number of nitrogen functional groups attached to an aromatic ring is 1. The smallest absolute Gasteiger partial charge is 0.172 e. The Morgan fingerprint density at radius 1 is 1.21 bits per heavy atom. The summed E-state index contributed by atoms with van der Waals surface area (Å²) < 4.78 is 0. The molecule has 1 heterocycles. The summed E-state index contributed by atoms with van der Waals surface area (Å²) in [5.41, 5.74) is 7.65. The Balaban J connectivity index is 2.43. The van der Waals surface area contributed by atoms with Crippen LogP contribution in [0.15, 0.2) is 24.3 Å². The number of aliphatic hydroxyl groups excluding tert-OH is 1. The maximum atomic E-state index is 8.99. The number of rotatable bonds is 5. The Bertz CT molecular complexity index is 556. The monoisotopic (exact) mass is 260 g/mol. The fourth-order valence-electron chi connectivity index (χ4n) is 2.07. The Morgan fingerprint density at radius 3 is 2.42 bits per heavy atom. The second kappa shape index (κ2) is 5.84. The fraction of sp³-hybridized carbons (Fsp3) is 0.429. The highest BCUT2D eigenvalue weighted by Gasteiger charge is 2.16. The lowest BCUT2D eigenvalue weighted by Crippen LogP contribution is -2.33. The summed E-state index contributed by atoms with van der Waals surface area (Å²) in [4.78, 5) is 11.1. The van der Waals surface area contributed by atoms with Crippen molar-refractivity contribution in [2.24, 2.45) is 0 Å². The summed E-state index contributed by atoms with van der Waals surface area (Å²) in [6.45, 7) is 5.02. The van der Waals surface area contributed by atoms with Crippen LogP contribution in [-0.4, -0.2) is 34.3 Å². The molecule has 0 radical (unpaired) electrons. The van der Waals surface area contributed by atoms with Gasteiger partial charge in [0, 0.05) is 19.2 Å². The second-order valence-corrected chi connectivity index (χ2v) is 4.79. The molecule has 1 aromatic carbocycles. The maximum absolute atomic E-state index is 8.99. The Morgan fingerprint density at radius 2 is 1.84 bits per heavy atom. The van der Waals surface area contributed by atoms with E-state index in [2.05, 4.69) is 28.7 Å². The van der Waals surface area contributed by atoms with Gasteiger partial charge in [0.15, 0.2) is 11.6 Å². The highest BCUT2D eigenvalue weighted by atomic mass is 16.3. The van der Waals surface area contributed by atoms with Crippen molar-refractivity contribution >= 4 is 22.7 Å². The van der Waals surface area contributed by atoms with E-state index >= 15 is 0 Å². The minimum atomic E-state index is 0.157. The van der Waals surface area contributed by atoms with Gasteiger partial charge in [0.2, 0.25) is 0 Å². The van der Waals surface area contributed by atoms with Gasteiger partial charge >= 0.3 is 0 Å². The summed E-state index contributed by atoms with van der Waals surface area (Å²) >= 11 is 0. The third-order valence-corrected chi connectivity index (χ3v) is 3.03. The second-order valence-electron chi connectivity index (χ2n) is 4.79. The summed E-state index contributed by atoms with van der Waals surface area (Å²) in [7, 11) is 0. The van der Waals surface area contributed by atoms with Gasteiger partial charge in [-0.05, 0) is 32.4 Å². The van der Waals surface area contributed by atoms with Crippen LogP contribution < -0.4 is 10.6 Å². The molecule has 0 spiro atoms. The molecule has 0 amide bonds. The largest absolute Gasteiger partial charge is 0.396 e. The van der Waals surface area contributed by atoms with E-state index < -0.39 is 0 Å². The van der Waals surface area contributed by atoms with Crippen LogP contribution in [0.5, 0.6) is 0 Å². The van der Waals surface area contributed by atoms with E-state index in [0.29, 0.717) is 24.6 Å². The molecule has 5 heteroatoms. The third kappa shape index (κ3) is 2.93. The van der Waals surface area contributed by atoms with Gasteiger partial charge in [0.1, 0.15) is 0 Å². The molecule has 1 aromatic heterocycles. The molecule has 2 aromatic rings. The third-order valence-electron chi connectivity index (χ3n) is 3.03. The molecule has 102 valence electrons. The number of nitrogens with zero attached hydrogens (tertiary/aromatic N) is 3. The van der Waals surface area contributed by atoms with Crippen LogP contribution in [0.1, 0.15) is 20.3 Å². The molecule has 0 bridgehead atoms. The summed E-state index contributed by atoms with van der Waals surface area (Å²) in [5, 5.41) is 8.99. The van der Waals surface area contributed by atoms with Gasteiger partial charge in [0.25, 0.3) is 0 Å². The van der Waals surface area contributed by atoms with Crippen molar-refractivity contribution in [2.45, 2.75) is 26.3 Å². The number of aromatic nitrogens is 2. The molecule has 0 unspecified atom stereocenters. The molecule has 19 heavy (non-hydrogen) atoms. The van der Waals surface area contributed by atoms with Crippen LogP contribution >= 0.6 is 0 Å². The van der Waals surface area contributed by atoms with E-state index in [1.807, 2.05) is 24.3 Å². The van der Waals surface area contributed by atoms with E-state index in [1.54, 1.807) is 0 Å². The van der Waals surface area contributed by atoms with Crippen molar-refractivity contribution in [1.82, 2.24) is 9.97 Å². The molecule has 0 saturated heterocycles. The van der Waals surface area contributed by atoms with Crippen LogP contribution in [0.4, 0.5) is 11.6 Å². The van der Waals surface area contributed by atoms with Crippen molar-refractivity contribution in [2.75, 3.05) is 23.8 Å². The molecule has 5 nitrogen and oxygen atoms in total. The van der Waals surface area contributed by atoms with Gasteiger partial charge < -0.3 is 15.7 Å². The quantitative estimate of drug-likeness (QED) is 0.857. The van der Waals surface area contributed by atoms with E-state index in [0.717, 1.165) is 11.0 Å². The SMILES string of the molecule is CC(C)N(CCCO)c1nc2ccccc2nc1N. The summed E-state index contributed by atoms with van der Waals surface area (Å²) in [6, 6.07) is 7.93. The van der Waals surface area contributed by atoms with Gasteiger partial charge in [-0.15, -0.1) is 0 Å². The zero-order valence-electron chi connectivity index (χ0n) is 11.4. The average Bonchev–Trinajstić information content (AvgIpc) is 2.39. The molecule has 0 fully saturated rings. The van der Waals surface area contributed by atoms with E-state index in [-0.39, 0.29) is 12.6 Å². The molecular weight excluding hydrogens is 240 g/mol. The van der Waals surface area contributed by atoms with Crippen molar-refractivity contribution in [3.05, 3.63) is 24.3 Å². The van der Waals surface area contributed by atoms with Crippen molar-refractivity contribution < 1.29 is 5.11 Å². The first-order valence-electron chi connectivity index (χ1n) is 6.53. The minimum Gasteiger partial charge on any atom is -0.396 e. The van der Waals surface area contributed by atoms with Crippen LogP contribution in [-0.2, 0) is 0 Å². The lowest BCUT2D eigenvalue weighted by Gasteiger charge is -2.28. The lowest BCUT2D eigenvalue weighted by atomic mass is 10.2. The molecular formula is C14H20N4O. The Hall–Kier alpha value is -1.88. The molecule has 0 atom stereocenters. The van der Waals surface area contributed by atoms with Crippen LogP contribution in [0.25, 0.3) is 11.0 Å². The zero-order chi connectivity index (χ0) is 13.8. The van der Waals surface area contributed by atoms with Crippen LogP contribution in [0.3, 0.4) is 0 Å². The molecule has 3 N–H and O–H groups in total. The van der Waals surface area contributed by atoms with Crippen molar-refractivity contribution in [1.29, 1.82) is 0 Å². The number of fused-ring (bicyclic) bond motifs is 1. The fourth-order valence-corrected chi connectivity index (χ4v) is 2.07. The first-order chi connectivity index (χ1) is 9.13. The summed E-state index contributed by atoms with van der Waals surface area (Å²) in [5.74, 6) is 1.13. The van der Waals surface area contributed by atoms with Gasteiger partial charge in [-0.25, -0.2) is 9.97 Å². The molecule has 0 saturated carbocycles. The molecule has 0 aliphatic heterocycles. The van der Waals surface area contributed by atoms with Gasteiger partial charge in [-0.1, -0.05) is 12.1 Å². The topological polar surface area (TPSA) is 75.3 Å². The molecule has 2 rings (SSSR count). The predicted octanol–water partition coefficient (Wildman–Crippen LogP) is 1.81. The lowest BCUT2D eigenvalue weighted by molar-refractivity contribution is 0.288. The highest BCUT2D eigenvalue weighted by molar-refractivity contribution is 5.79. The Labute approximate surface area is 113 Å². The number of aliphatic hydroxyl groups is 1. The van der Waals surface area contributed by atoms with Gasteiger partial charge in [0.05, 0.1) is 11.0 Å². The average molecular weight is 260 g/mol.